The van der Waals surface area contributed by atoms with Crippen LogP contribution in [0.5, 0.6) is 0 Å². The molecule has 2 aromatic rings. The van der Waals surface area contributed by atoms with Gasteiger partial charge in [-0.25, -0.2) is 5.01 Å². The van der Waals surface area contributed by atoms with E-state index in [0.717, 1.165) is 84.5 Å². The number of nitrogens with zero attached hydrogens (tertiary/aromatic N) is 3. The molecule has 36 heavy (non-hydrogen) atoms. The van der Waals surface area contributed by atoms with Crippen LogP contribution in [0.3, 0.4) is 0 Å². The van der Waals surface area contributed by atoms with E-state index < -0.39 is 11.3 Å². The summed E-state index contributed by atoms with van der Waals surface area (Å²) in [6.45, 7) is 4.17. The molecule has 1 spiro atoms. The Labute approximate surface area is 211 Å². The van der Waals surface area contributed by atoms with E-state index in [2.05, 4.69) is 41.9 Å². The third kappa shape index (κ3) is 3.75. The van der Waals surface area contributed by atoms with Crippen LogP contribution >= 0.6 is 0 Å². The molecular weight excluding hydrogens is 452 g/mol. The van der Waals surface area contributed by atoms with E-state index in [-0.39, 0.29) is 11.8 Å². The number of aryl methyl sites for hydroxylation is 1. The molecule has 0 aromatic heterocycles. The number of benzene rings is 2. The van der Waals surface area contributed by atoms with Crippen LogP contribution in [0.25, 0.3) is 11.1 Å². The van der Waals surface area contributed by atoms with Crippen LogP contribution in [0.1, 0.15) is 48.8 Å². The standard InChI is InChI=1S/C28H34N6O2/c1-18-12-20(21-5-7-24(30-2)22(13-21)14-29)4-6-23(18)25-32-27(10-11-27)26(35)33(25)16-19-15-31-34(17-19)28(36)8-3-9-28/h4-7,12-14,19,29-31,36H,3,8-11,15-17H2,1-2H3. The lowest BCUT2D eigenvalue weighted by atomic mass is 9.87. The van der Waals surface area contributed by atoms with Crippen molar-refractivity contribution in [3.05, 3.63) is 53.1 Å². The first kappa shape index (κ1) is 23.3. The second kappa shape index (κ2) is 8.50. The van der Waals surface area contributed by atoms with Gasteiger partial charge in [-0.1, -0.05) is 24.3 Å². The van der Waals surface area contributed by atoms with Crippen LogP contribution in [0, 0.1) is 18.3 Å². The normalized spacial score (nSPS) is 24.1. The molecule has 0 bridgehead atoms. The Hall–Kier alpha value is -3.07. The summed E-state index contributed by atoms with van der Waals surface area (Å²) in [4.78, 5) is 20.3. The monoisotopic (exact) mass is 486 g/mol. The van der Waals surface area contributed by atoms with E-state index in [0.29, 0.717) is 6.54 Å². The molecule has 2 aliphatic carbocycles. The number of hydrazine groups is 1. The largest absolute Gasteiger partial charge is 0.388 e. The molecule has 2 aromatic carbocycles. The third-order valence-corrected chi connectivity index (χ3v) is 8.33. The minimum Gasteiger partial charge on any atom is -0.388 e. The molecule has 3 fully saturated rings. The van der Waals surface area contributed by atoms with Gasteiger partial charge in [-0.3, -0.25) is 20.1 Å². The fourth-order valence-electron chi connectivity index (χ4n) is 5.75. The Morgan fingerprint density at radius 1 is 1.19 bits per heavy atom. The lowest BCUT2D eigenvalue weighted by Gasteiger charge is -2.43. The first-order valence-corrected chi connectivity index (χ1v) is 12.9. The van der Waals surface area contributed by atoms with Gasteiger partial charge in [-0.15, -0.1) is 0 Å². The Morgan fingerprint density at radius 2 is 1.94 bits per heavy atom. The first-order chi connectivity index (χ1) is 17.4. The molecule has 8 heteroatoms. The van der Waals surface area contributed by atoms with Gasteiger partial charge in [0, 0.05) is 55.6 Å². The summed E-state index contributed by atoms with van der Waals surface area (Å²) in [5.74, 6) is 1.15. The first-order valence-electron chi connectivity index (χ1n) is 12.9. The molecule has 2 saturated carbocycles. The van der Waals surface area contributed by atoms with Gasteiger partial charge >= 0.3 is 0 Å². The zero-order valence-corrected chi connectivity index (χ0v) is 21.0. The van der Waals surface area contributed by atoms with Gasteiger partial charge in [0.1, 0.15) is 17.1 Å². The number of hydrogen-bond acceptors (Lipinski definition) is 7. The molecule has 1 atom stereocenters. The maximum Gasteiger partial charge on any atom is 0.256 e. The number of aliphatic imine (C=N–C) groups is 1. The minimum absolute atomic E-state index is 0.125. The highest BCUT2D eigenvalue weighted by Crippen LogP contribution is 2.46. The van der Waals surface area contributed by atoms with E-state index in [1.165, 1.54) is 6.21 Å². The number of rotatable bonds is 7. The van der Waals surface area contributed by atoms with Crippen LogP contribution in [-0.2, 0) is 4.79 Å². The van der Waals surface area contributed by atoms with Crippen molar-refractivity contribution in [3.63, 3.8) is 0 Å². The van der Waals surface area contributed by atoms with Crippen molar-refractivity contribution in [2.45, 2.75) is 50.3 Å². The molecular formula is C28H34N6O2. The number of amidine groups is 1. The second-order valence-corrected chi connectivity index (χ2v) is 10.8. The predicted octanol–water partition coefficient (Wildman–Crippen LogP) is 3.13. The van der Waals surface area contributed by atoms with Gasteiger partial charge in [0.25, 0.3) is 5.91 Å². The molecule has 2 heterocycles. The van der Waals surface area contributed by atoms with Crippen molar-refractivity contribution in [2.75, 3.05) is 32.0 Å². The number of aliphatic hydroxyl groups is 1. The van der Waals surface area contributed by atoms with Crippen molar-refractivity contribution >= 4 is 23.6 Å². The Morgan fingerprint density at radius 3 is 2.58 bits per heavy atom. The van der Waals surface area contributed by atoms with Gasteiger partial charge in [-0.2, -0.15) is 0 Å². The number of carbonyl (C=O) groups excluding carboxylic acids is 1. The fourth-order valence-corrected chi connectivity index (χ4v) is 5.75. The maximum absolute atomic E-state index is 13.4. The summed E-state index contributed by atoms with van der Waals surface area (Å²) in [5, 5.41) is 23.6. The fraction of sp³-hybridized carbons (Fsp3) is 0.464. The van der Waals surface area contributed by atoms with Gasteiger partial charge < -0.3 is 15.8 Å². The van der Waals surface area contributed by atoms with E-state index in [4.69, 9.17) is 10.4 Å². The van der Waals surface area contributed by atoms with Crippen LogP contribution in [0.4, 0.5) is 5.69 Å². The molecule has 1 saturated heterocycles. The number of amides is 1. The van der Waals surface area contributed by atoms with Crippen molar-refractivity contribution in [2.24, 2.45) is 10.9 Å². The molecule has 4 N–H and O–H groups in total. The van der Waals surface area contributed by atoms with E-state index in [9.17, 15) is 9.90 Å². The quantitative estimate of drug-likeness (QED) is 0.450. The molecule has 188 valence electrons. The summed E-state index contributed by atoms with van der Waals surface area (Å²) in [7, 11) is 1.86. The van der Waals surface area contributed by atoms with Crippen LogP contribution in [0.15, 0.2) is 41.4 Å². The van der Waals surface area contributed by atoms with Crippen LogP contribution in [0.2, 0.25) is 0 Å². The summed E-state index contributed by atoms with van der Waals surface area (Å²) >= 11 is 0. The summed E-state index contributed by atoms with van der Waals surface area (Å²) < 4.78 is 0. The summed E-state index contributed by atoms with van der Waals surface area (Å²) in [5.41, 5.74) is 8.05. The highest BCUT2D eigenvalue weighted by molar-refractivity contribution is 6.17. The topological polar surface area (TPSA) is 104 Å². The average molecular weight is 487 g/mol. The van der Waals surface area contributed by atoms with Gasteiger partial charge in [-0.05, 0) is 67.9 Å². The van der Waals surface area contributed by atoms with Crippen molar-refractivity contribution in [1.29, 1.82) is 5.41 Å². The summed E-state index contributed by atoms with van der Waals surface area (Å²) in [6.07, 6.45) is 5.67. The van der Waals surface area contributed by atoms with Gasteiger partial charge in [0.15, 0.2) is 0 Å². The van der Waals surface area contributed by atoms with Gasteiger partial charge in [0.2, 0.25) is 0 Å². The molecule has 6 rings (SSSR count). The SMILES string of the molecule is CNc1ccc(-c2ccc(C3=NC4(CC4)C(=O)N3CC3CNN(C4(O)CCC4)C3)c(C)c2)cc1C=N. The maximum atomic E-state index is 13.4. The lowest BCUT2D eigenvalue weighted by Crippen LogP contribution is -2.56. The number of hydrogen-bond donors (Lipinski definition) is 4. The Bertz CT molecular complexity index is 1260. The predicted molar refractivity (Wildman–Crippen MR) is 141 cm³/mol. The molecule has 1 unspecified atom stereocenters. The zero-order valence-electron chi connectivity index (χ0n) is 21.0. The van der Waals surface area contributed by atoms with Gasteiger partial charge in [0.05, 0.1) is 0 Å². The minimum atomic E-state index is -0.728. The van der Waals surface area contributed by atoms with Crippen LogP contribution in [-0.4, -0.2) is 70.9 Å². The van der Waals surface area contributed by atoms with Crippen molar-refractivity contribution < 1.29 is 9.90 Å². The molecule has 4 aliphatic rings. The van der Waals surface area contributed by atoms with E-state index in [1.807, 2.05) is 29.1 Å². The number of nitrogens with one attached hydrogen (secondary N) is 3. The number of anilines is 1. The molecule has 0 radical (unpaired) electrons. The number of carbonyl (C=O) groups is 1. The third-order valence-electron chi connectivity index (χ3n) is 8.33. The van der Waals surface area contributed by atoms with Crippen LogP contribution < -0.4 is 10.7 Å². The zero-order chi connectivity index (χ0) is 25.1. The van der Waals surface area contributed by atoms with E-state index in [1.54, 1.807) is 0 Å². The molecule has 1 amide bonds. The summed E-state index contributed by atoms with van der Waals surface area (Å²) in [6, 6.07) is 12.4. The highest BCUT2D eigenvalue weighted by atomic mass is 16.3. The average Bonchev–Trinajstić information content (AvgIpc) is 3.42. The van der Waals surface area contributed by atoms with Crippen molar-refractivity contribution in [1.82, 2.24) is 15.3 Å². The smallest absolute Gasteiger partial charge is 0.256 e. The van der Waals surface area contributed by atoms with Crippen molar-refractivity contribution in [3.8, 4) is 11.1 Å². The molecule has 2 aliphatic heterocycles. The Kier molecular flexibility index (Phi) is 5.51. The second-order valence-electron chi connectivity index (χ2n) is 10.8. The Balaban J connectivity index is 1.26. The molecule has 8 nitrogen and oxygen atoms in total. The highest BCUT2D eigenvalue weighted by Gasteiger charge is 2.58. The lowest BCUT2D eigenvalue weighted by molar-refractivity contribution is -0.173. The van der Waals surface area contributed by atoms with E-state index >= 15 is 0 Å².